The molecule has 1 N–H and O–H groups in total. The number of methoxy groups -OCH3 is 1. The number of carbonyl (C=O) groups excluding carboxylic acids is 1. The first-order chi connectivity index (χ1) is 7.24. The maximum atomic E-state index is 11.1. The lowest BCUT2D eigenvalue weighted by Gasteiger charge is -2.09. The van der Waals surface area contributed by atoms with Gasteiger partial charge in [-0.1, -0.05) is 6.92 Å². The van der Waals surface area contributed by atoms with Gasteiger partial charge in [-0.15, -0.1) is 0 Å². The summed E-state index contributed by atoms with van der Waals surface area (Å²) in [4.78, 5) is 11.1. The molecule has 5 nitrogen and oxygen atoms in total. The number of ether oxygens (including phenoxy) is 1. The molecule has 1 unspecified atom stereocenters. The van der Waals surface area contributed by atoms with Crippen LogP contribution in [0.5, 0.6) is 0 Å². The van der Waals surface area contributed by atoms with E-state index in [2.05, 4.69) is 20.3 Å². The van der Waals surface area contributed by atoms with Crippen molar-refractivity contribution in [3.05, 3.63) is 24.0 Å². The Morgan fingerprint density at radius 1 is 1.67 bits per heavy atom. The van der Waals surface area contributed by atoms with Gasteiger partial charge in [-0.25, -0.2) is 0 Å². The SMILES string of the molecule is COC(=O)C(C)CNCc1cccnn1. The molecular formula is C10H15N3O2. The fourth-order valence-corrected chi connectivity index (χ4v) is 1.13. The maximum Gasteiger partial charge on any atom is 0.309 e. The third-order valence-corrected chi connectivity index (χ3v) is 1.99. The van der Waals surface area contributed by atoms with Crippen molar-refractivity contribution in [2.75, 3.05) is 13.7 Å². The summed E-state index contributed by atoms with van der Waals surface area (Å²) in [6.07, 6.45) is 1.63. The number of rotatable bonds is 5. The molecule has 1 aromatic heterocycles. The van der Waals surface area contributed by atoms with Crippen LogP contribution in [0, 0.1) is 5.92 Å². The molecule has 0 spiro atoms. The van der Waals surface area contributed by atoms with Gasteiger partial charge >= 0.3 is 5.97 Å². The number of carbonyl (C=O) groups is 1. The van der Waals surface area contributed by atoms with Gasteiger partial charge in [0.25, 0.3) is 0 Å². The highest BCUT2D eigenvalue weighted by Gasteiger charge is 2.11. The van der Waals surface area contributed by atoms with Crippen molar-refractivity contribution in [3.8, 4) is 0 Å². The maximum absolute atomic E-state index is 11.1. The summed E-state index contributed by atoms with van der Waals surface area (Å²) in [5.41, 5.74) is 0.856. The van der Waals surface area contributed by atoms with Gasteiger partial charge in [0.2, 0.25) is 0 Å². The summed E-state index contributed by atoms with van der Waals surface area (Å²) in [5, 5.41) is 10.8. The summed E-state index contributed by atoms with van der Waals surface area (Å²) in [6.45, 7) is 2.99. The highest BCUT2D eigenvalue weighted by molar-refractivity contribution is 5.71. The van der Waals surface area contributed by atoms with Crippen LogP contribution in [0.4, 0.5) is 0 Å². The highest BCUT2D eigenvalue weighted by atomic mass is 16.5. The Balaban J connectivity index is 2.25. The quantitative estimate of drug-likeness (QED) is 0.710. The van der Waals surface area contributed by atoms with Crippen molar-refractivity contribution >= 4 is 5.97 Å². The Morgan fingerprint density at radius 3 is 3.07 bits per heavy atom. The van der Waals surface area contributed by atoms with Gasteiger partial charge in [-0.05, 0) is 12.1 Å². The Kier molecular flexibility index (Phi) is 4.70. The number of hydrogen-bond acceptors (Lipinski definition) is 5. The van der Waals surface area contributed by atoms with E-state index in [9.17, 15) is 4.79 Å². The molecule has 1 heterocycles. The summed E-state index contributed by atoms with van der Waals surface area (Å²) < 4.78 is 4.61. The van der Waals surface area contributed by atoms with Crippen molar-refractivity contribution in [2.45, 2.75) is 13.5 Å². The summed E-state index contributed by atoms with van der Waals surface area (Å²) in [6, 6.07) is 3.70. The van der Waals surface area contributed by atoms with E-state index in [1.807, 2.05) is 19.1 Å². The largest absolute Gasteiger partial charge is 0.469 e. The van der Waals surface area contributed by atoms with Crippen molar-refractivity contribution in [2.24, 2.45) is 5.92 Å². The van der Waals surface area contributed by atoms with Gasteiger partial charge in [0.15, 0.2) is 0 Å². The molecular weight excluding hydrogens is 194 g/mol. The molecule has 0 radical (unpaired) electrons. The zero-order valence-corrected chi connectivity index (χ0v) is 8.93. The molecule has 15 heavy (non-hydrogen) atoms. The van der Waals surface area contributed by atoms with Crippen LogP contribution < -0.4 is 5.32 Å². The average Bonchev–Trinajstić information content (AvgIpc) is 2.29. The lowest BCUT2D eigenvalue weighted by atomic mass is 10.2. The topological polar surface area (TPSA) is 64.1 Å². The van der Waals surface area contributed by atoms with Gasteiger partial charge < -0.3 is 10.1 Å². The molecule has 0 fully saturated rings. The second-order valence-electron chi connectivity index (χ2n) is 3.27. The molecule has 0 saturated carbocycles. The fraction of sp³-hybridized carbons (Fsp3) is 0.500. The highest BCUT2D eigenvalue weighted by Crippen LogP contribution is 1.96. The minimum atomic E-state index is -0.207. The normalized spacial score (nSPS) is 12.1. The number of hydrogen-bond donors (Lipinski definition) is 1. The van der Waals surface area contributed by atoms with Crippen molar-refractivity contribution < 1.29 is 9.53 Å². The van der Waals surface area contributed by atoms with Crippen molar-refractivity contribution in [3.63, 3.8) is 0 Å². The molecule has 0 aliphatic carbocycles. The van der Waals surface area contributed by atoms with Gasteiger partial charge in [0.1, 0.15) is 0 Å². The lowest BCUT2D eigenvalue weighted by Crippen LogP contribution is -2.27. The zero-order valence-electron chi connectivity index (χ0n) is 8.93. The van der Waals surface area contributed by atoms with Crippen LogP contribution >= 0.6 is 0 Å². The second-order valence-corrected chi connectivity index (χ2v) is 3.27. The minimum absolute atomic E-state index is 0.147. The van der Waals surface area contributed by atoms with Crippen LogP contribution in [0.3, 0.4) is 0 Å². The molecule has 0 saturated heterocycles. The third-order valence-electron chi connectivity index (χ3n) is 1.99. The van der Waals surface area contributed by atoms with Crippen molar-refractivity contribution in [1.29, 1.82) is 0 Å². The van der Waals surface area contributed by atoms with Gasteiger partial charge in [-0.2, -0.15) is 10.2 Å². The summed E-state index contributed by atoms with van der Waals surface area (Å²) in [5.74, 6) is -0.353. The average molecular weight is 209 g/mol. The molecule has 82 valence electrons. The number of aromatic nitrogens is 2. The van der Waals surface area contributed by atoms with E-state index < -0.39 is 0 Å². The van der Waals surface area contributed by atoms with E-state index in [1.165, 1.54) is 7.11 Å². The molecule has 0 amide bonds. The van der Waals surface area contributed by atoms with E-state index in [-0.39, 0.29) is 11.9 Å². The smallest absolute Gasteiger partial charge is 0.309 e. The first kappa shape index (κ1) is 11.6. The van der Waals surface area contributed by atoms with E-state index >= 15 is 0 Å². The van der Waals surface area contributed by atoms with E-state index in [1.54, 1.807) is 6.20 Å². The molecule has 0 bridgehead atoms. The Labute approximate surface area is 88.9 Å². The molecule has 0 aromatic carbocycles. The van der Waals surface area contributed by atoms with Crippen LogP contribution in [-0.2, 0) is 16.1 Å². The molecule has 0 aliphatic heterocycles. The molecule has 1 rings (SSSR count). The third kappa shape index (κ3) is 4.03. The molecule has 1 aromatic rings. The fourth-order valence-electron chi connectivity index (χ4n) is 1.13. The van der Waals surface area contributed by atoms with Gasteiger partial charge in [0.05, 0.1) is 18.7 Å². The molecule has 0 aliphatic rings. The van der Waals surface area contributed by atoms with E-state index in [0.717, 1.165) is 5.69 Å². The van der Waals surface area contributed by atoms with Crippen molar-refractivity contribution in [1.82, 2.24) is 15.5 Å². The number of esters is 1. The Bertz CT molecular complexity index is 303. The first-order valence-corrected chi connectivity index (χ1v) is 4.79. The predicted octanol–water partition coefficient (Wildman–Crippen LogP) is 0.375. The van der Waals surface area contributed by atoms with Crippen LogP contribution in [0.15, 0.2) is 18.3 Å². The van der Waals surface area contributed by atoms with Crippen LogP contribution in [0.2, 0.25) is 0 Å². The zero-order chi connectivity index (χ0) is 11.1. The molecule has 5 heteroatoms. The van der Waals surface area contributed by atoms with Crippen LogP contribution in [0.1, 0.15) is 12.6 Å². The summed E-state index contributed by atoms with van der Waals surface area (Å²) in [7, 11) is 1.39. The van der Waals surface area contributed by atoms with Crippen LogP contribution in [0.25, 0.3) is 0 Å². The molecule has 1 atom stereocenters. The van der Waals surface area contributed by atoms with E-state index in [4.69, 9.17) is 0 Å². The number of nitrogens with zero attached hydrogens (tertiary/aromatic N) is 2. The monoisotopic (exact) mass is 209 g/mol. The van der Waals surface area contributed by atoms with Crippen LogP contribution in [-0.4, -0.2) is 29.8 Å². The summed E-state index contributed by atoms with van der Waals surface area (Å²) >= 11 is 0. The lowest BCUT2D eigenvalue weighted by molar-refractivity contribution is -0.144. The standard InChI is InChI=1S/C10H15N3O2/c1-8(10(14)15-2)6-11-7-9-4-3-5-12-13-9/h3-5,8,11H,6-7H2,1-2H3. The predicted molar refractivity (Wildman–Crippen MR) is 54.9 cm³/mol. The first-order valence-electron chi connectivity index (χ1n) is 4.79. The van der Waals surface area contributed by atoms with Gasteiger partial charge in [0, 0.05) is 19.3 Å². The van der Waals surface area contributed by atoms with E-state index in [0.29, 0.717) is 13.1 Å². The number of nitrogens with one attached hydrogen (secondary N) is 1. The Hall–Kier alpha value is -1.49. The minimum Gasteiger partial charge on any atom is -0.469 e. The van der Waals surface area contributed by atoms with Gasteiger partial charge in [-0.3, -0.25) is 4.79 Å². The second kappa shape index (κ2) is 6.08. The Morgan fingerprint density at radius 2 is 2.47 bits per heavy atom.